The molecule has 1 heterocycles. The Hall–Kier alpha value is -0.0800. The van der Waals surface area contributed by atoms with E-state index in [-0.39, 0.29) is 0 Å². The van der Waals surface area contributed by atoms with Gasteiger partial charge in [0.05, 0.1) is 0 Å². The quantitative estimate of drug-likeness (QED) is 0.817. The zero-order valence-electron chi connectivity index (χ0n) is 14.2. The second-order valence-electron chi connectivity index (χ2n) is 7.18. The average Bonchev–Trinajstić information content (AvgIpc) is 2.53. The maximum Gasteiger partial charge on any atom is 0.0221 e. The van der Waals surface area contributed by atoms with Gasteiger partial charge in [0.1, 0.15) is 0 Å². The van der Waals surface area contributed by atoms with Crippen molar-refractivity contribution in [2.45, 2.75) is 90.8 Å². The molecule has 0 radical (unpaired) electrons. The van der Waals surface area contributed by atoms with Crippen molar-refractivity contribution >= 4 is 0 Å². The van der Waals surface area contributed by atoms with Crippen LogP contribution in [0.25, 0.3) is 0 Å². The molecule has 5 atom stereocenters. The van der Waals surface area contributed by atoms with Gasteiger partial charge < -0.3 is 5.32 Å². The summed E-state index contributed by atoms with van der Waals surface area (Å²) in [7, 11) is 0. The second kappa shape index (κ2) is 7.79. The van der Waals surface area contributed by atoms with E-state index in [2.05, 4.69) is 37.9 Å². The SMILES string of the molecule is CCC(C)C1CN(C2CCCCC2CC)C(CC)CN1. The Kier molecular flexibility index (Phi) is 6.35. The van der Waals surface area contributed by atoms with Gasteiger partial charge in [0.25, 0.3) is 0 Å². The van der Waals surface area contributed by atoms with Crippen molar-refractivity contribution in [3.63, 3.8) is 0 Å². The van der Waals surface area contributed by atoms with Gasteiger partial charge >= 0.3 is 0 Å². The lowest BCUT2D eigenvalue weighted by atomic mass is 9.80. The zero-order chi connectivity index (χ0) is 14.5. The Morgan fingerprint density at radius 1 is 1.10 bits per heavy atom. The Labute approximate surface area is 126 Å². The van der Waals surface area contributed by atoms with Gasteiger partial charge in [0, 0.05) is 31.2 Å². The summed E-state index contributed by atoms with van der Waals surface area (Å²) in [4.78, 5) is 2.92. The van der Waals surface area contributed by atoms with Gasteiger partial charge in [0.2, 0.25) is 0 Å². The van der Waals surface area contributed by atoms with Gasteiger partial charge in [-0.05, 0) is 31.1 Å². The van der Waals surface area contributed by atoms with Crippen LogP contribution in [0.5, 0.6) is 0 Å². The van der Waals surface area contributed by atoms with E-state index in [1.165, 1.54) is 58.0 Å². The Morgan fingerprint density at radius 2 is 1.85 bits per heavy atom. The normalized spacial score (nSPS) is 37.8. The first-order valence-corrected chi connectivity index (χ1v) is 9.20. The first kappa shape index (κ1) is 16.3. The minimum absolute atomic E-state index is 0.710. The molecule has 1 saturated heterocycles. The minimum Gasteiger partial charge on any atom is -0.311 e. The lowest BCUT2D eigenvalue weighted by molar-refractivity contribution is 0.0185. The number of nitrogens with one attached hydrogen (secondary N) is 1. The third-order valence-corrected chi connectivity index (χ3v) is 6.11. The average molecular weight is 280 g/mol. The molecular formula is C18H36N2. The van der Waals surface area contributed by atoms with Crippen LogP contribution >= 0.6 is 0 Å². The third-order valence-electron chi connectivity index (χ3n) is 6.11. The fraction of sp³-hybridized carbons (Fsp3) is 1.00. The van der Waals surface area contributed by atoms with Crippen molar-refractivity contribution in [1.29, 1.82) is 0 Å². The molecule has 0 aromatic rings. The molecule has 118 valence electrons. The molecular weight excluding hydrogens is 244 g/mol. The smallest absolute Gasteiger partial charge is 0.0221 e. The van der Waals surface area contributed by atoms with Crippen LogP contribution in [0.15, 0.2) is 0 Å². The first-order valence-electron chi connectivity index (χ1n) is 9.20. The summed E-state index contributed by atoms with van der Waals surface area (Å²) in [5, 5.41) is 3.83. The summed E-state index contributed by atoms with van der Waals surface area (Å²) in [5.74, 6) is 1.76. The summed E-state index contributed by atoms with van der Waals surface area (Å²) in [6, 6.07) is 2.35. The molecule has 1 aliphatic carbocycles. The van der Waals surface area contributed by atoms with E-state index in [4.69, 9.17) is 0 Å². The summed E-state index contributed by atoms with van der Waals surface area (Å²) in [6.45, 7) is 12.0. The van der Waals surface area contributed by atoms with Crippen LogP contribution in [-0.2, 0) is 0 Å². The summed E-state index contributed by atoms with van der Waals surface area (Å²) >= 11 is 0. The topological polar surface area (TPSA) is 15.3 Å². The second-order valence-corrected chi connectivity index (χ2v) is 7.18. The van der Waals surface area contributed by atoms with Gasteiger partial charge in [-0.2, -0.15) is 0 Å². The highest BCUT2D eigenvalue weighted by Gasteiger charge is 2.37. The minimum atomic E-state index is 0.710. The van der Waals surface area contributed by atoms with Crippen LogP contribution in [0.2, 0.25) is 0 Å². The molecule has 2 heteroatoms. The molecule has 0 bridgehead atoms. The van der Waals surface area contributed by atoms with Crippen molar-refractivity contribution in [3.05, 3.63) is 0 Å². The number of hydrogen-bond acceptors (Lipinski definition) is 2. The van der Waals surface area contributed by atoms with Gasteiger partial charge in [-0.15, -0.1) is 0 Å². The molecule has 1 N–H and O–H groups in total. The number of hydrogen-bond donors (Lipinski definition) is 1. The summed E-state index contributed by atoms with van der Waals surface area (Å²) in [5.41, 5.74) is 0. The molecule has 0 aromatic heterocycles. The van der Waals surface area contributed by atoms with Crippen molar-refractivity contribution in [3.8, 4) is 0 Å². The Morgan fingerprint density at radius 3 is 2.50 bits per heavy atom. The maximum absolute atomic E-state index is 3.83. The predicted molar refractivity (Wildman–Crippen MR) is 88.1 cm³/mol. The molecule has 0 amide bonds. The molecule has 2 aliphatic rings. The van der Waals surface area contributed by atoms with E-state index < -0.39 is 0 Å². The van der Waals surface area contributed by atoms with E-state index in [1.807, 2.05) is 0 Å². The largest absolute Gasteiger partial charge is 0.311 e. The van der Waals surface area contributed by atoms with E-state index in [1.54, 1.807) is 0 Å². The van der Waals surface area contributed by atoms with E-state index in [0.717, 1.165) is 23.9 Å². The molecule has 2 nitrogen and oxygen atoms in total. The van der Waals surface area contributed by atoms with Crippen LogP contribution in [0.3, 0.4) is 0 Å². The van der Waals surface area contributed by atoms with E-state index in [0.29, 0.717) is 6.04 Å². The van der Waals surface area contributed by atoms with Gasteiger partial charge in [-0.3, -0.25) is 4.90 Å². The Bertz CT molecular complexity index is 279. The highest BCUT2D eigenvalue weighted by molar-refractivity contribution is 4.94. The van der Waals surface area contributed by atoms with E-state index in [9.17, 15) is 0 Å². The Balaban J connectivity index is 2.07. The number of piperazine rings is 1. The molecule has 2 fully saturated rings. The molecule has 0 spiro atoms. The van der Waals surface area contributed by atoms with Crippen molar-refractivity contribution in [1.82, 2.24) is 10.2 Å². The highest BCUT2D eigenvalue weighted by atomic mass is 15.3. The predicted octanol–water partition coefficient (Wildman–Crippen LogP) is 4.05. The molecule has 20 heavy (non-hydrogen) atoms. The van der Waals surface area contributed by atoms with Crippen LogP contribution in [0.4, 0.5) is 0 Å². The number of rotatable bonds is 5. The molecule has 0 aromatic carbocycles. The van der Waals surface area contributed by atoms with Crippen molar-refractivity contribution in [2.75, 3.05) is 13.1 Å². The standard InChI is InChI=1S/C18H36N2/c1-5-14(4)17-13-20(16(7-3)12-19-17)18-11-9-8-10-15(18)6-2/h14-19H,5-13H2,1-4H3. The third kappa shape index (κ3) is 3.57. The summed E-state index contributed by atoms with van der Waals surface area (Å²) in [6.07, 6.45) is 9.80. The van der Waals surface area contributed by atoms with Gasteiger partial charge in [-0.25, -0.2) is 0 Å². The molecule has 2 rings (SSSR count). The molecule has 1 saturated carbocycles. The van der Waals surface area contributed by atoms with Gasteiger partial charge in [0.15, 0.2) is 0 Å². The van der Waals surface area contributed by atoms with Crippen molar-refractivity contribution < 1.29 is 0 Å². The number of nitrogens with zero attached hydrogens (tertiary/aromatic N) is 1. The van der Waals surface area contributed by atoms with Crippen LogP contribution in [0.1, 0.15) is 72.6 Å². The first-order chi connectivity index (χ1) is 9.71. The fourth-order valence-electron chi connectivity index (χ4n) is 4.40. The monoisotopic (exact) mass is 280 g/mol. The highest BCUT2D eigenvalue weighted by Crippen LogP contribution is 2.33. The van der Waals surface area contributed by atoms with Gasteiger partial charge in [-0.1, -0.05) is 53.4 Å². The lowest BCUT2D eigenvalue weighted by Gasteiger charge is -2.49. The van der Waals surface area contributed by atoms with E-state index >= 15 is 0 Å². The fourth-order valence-corrected chi connectivity index (χ4v) is 4.40. The molecule has 1 aliphatic heterocycles. The van der Waals surface area contributed by atoms with Crippen molar-refractivity contribution in [2.24, 2.45) is 11.8 Å². The zero-order valence-corrected chi connectivity index (χ0v) is 14.2. The van der Waals surface area contributed by atoms with Crippen LogP contribution in [-0.4, -0.2) is 36.1 Å². The molecule has 5 unspecified atom stereocenters. The summed E-state index contributed by atoms with van der Waals surface area (Å²) < 4.78 is 0. The maximum atomic E-state index is 3.83. The lowest BCUT2D eigenvalue weighted by Crippen LogP contribution is -2.62. The van der Waals surface area contributed by atoms with Crippen LogP contribution in [0, 0.1) is 11.8 Å². The van der Waals surface area contributed by atoms with Crippen LogP contribution < -0.4 is 5.32 Å².